The molecule has 3 heterocycles. The van der Waals surface area contributed by atoms with Gasteiger partial charge >= 0.3 is 0 Å². The van der Waals surface area contributed by atoms with Gasteiger partial charge in [0.1, 0.15) is 12.4 Å². The van der Waals surface area contributed by atoms with Crippen LogP contribution in [0.25, 0.3) is 0 Å². The number of para-hydroxylation sites is 2. The maximum absolute atomic E-state index is 12.3. The molecule has 2 aromatic heterocycles. The van der Waals surface area contributed by atoms with Crippen molar-refractivity contribution >= 4 is 5.91 Å². The molecule has 9 nitrogen and oxygen atoms in total. The number of carbonyl (C=O) groups excluding carboxylic acids is 1. The Balaban J connectivity index is 1.34. The van der Waals surface area contributed by atoms with Crippen LogP contribution in [0.2, 0.25) is 0 Å². The van der Waals surface area contributed by atoms with Crippen molar-refractivity contribution in [2.45, 2.75) is 33.0 Å². The molecule has 1 amide bonds. The molecule has 28 heavy (non-hydrogen) atoms. The lowest BCUT2D eigenvalue weighted by molar-refractivity contribution is 0.0754. The molecular weight excluding hydrogens is 360 g/mol. The lowest BCUT2D eigenvalue weighted by atomic mass is 10.2. The fraction of sp³-hybridized carbons (Fsp3) is 0.316. The molecule has 3 aromatic rings. The molecule has 0 saturated heterocycles. The number of aryl methyl sites for hydroxylation is 2. The van der Waals surface area contributed by atoms with Crippen molar-refractivity contribution in [2.75, 3.05) is 6.61 Å². The summed E-state index contributed by atoms with van der Waals surface area (Å²) in [5.74, 6) is 1.65. The van der Waals surface area contributed by atoms with Crippen molar-refractivity contribution in [3.8, 4) is 11.5 Å². The van der Waals surface area contributed by atoms with E-state index in [1.165, 1.54) is 0 Å². The van der Waals surface area contributed by atoms with Gasteiger partial charge in [0.2, 0.25) is 0 Å². The molecule has 0 saturated carbocycles. The zero-order valence-electron chi connectivity index (χ0n) is 15.6. The average molecular weight is 380 g/mol. The third kappa shape index (κ3) is 4.08. The average Bonchev–Trinajstić information content (AvgIpc) is 3.14. The Morgan fingerprint density at radius 2 is 1.96 bits per heavy atom. The number of amides is 1. The van der Waals surface area contributed by atoms with E-state index >= 15 is 0 Å². The topological polar surface area (TPSA) is 104 Å². The number of carbonyl (C=O) groups is 1. The number of nitrogens with zero attached hydrogens (tertiary/aromatic N) is 5. The van der Waals surface area contributed by atoms with Gasteiger partial charge in [-0.2, -0.15) is 0 Å². The second-order valence-corrected chi connectivity index (χ2v) is 6.57. The van der Waals surface area contributed by atoms with Gasteiger partial charge in [-0.25, -0.2) is 14.6 Å². The van der Waals surface area contributed by atoms with Crippen LogP contribution in [0.5, 0.6) is 11.5 Å². The van der Waals surface area contributed by atoms with Crippen LogP contribution in [0.4, 0.5) is 0 Å². The van der Waals surface area contributed by atoms with E-state index in [-0.39, 0.29) is 24.2 Å². The Bertz CT molecular complexity index is 983. The molecule has 0 bridgehead atoms. The summed E-state index contributed by atoms with van der Waals surface area (Å²) < 4.78 is 13.2. The van der Waals surface area contributed by atoms with Gasteiger partial charge in [0.05, 0.1) is 19.3 Å². The van der Waals surface area contributed by atoms with Crippen LogP contribution in [0.15, 0.2) is 36.5 Å². The van der Waals surface area contributed by atoms with Crippen LogP contribution in [0.1, 0.15) is 27.7 Å². The normalized spacial score (nSPS) is 15.3. The number of hydrogen-bond donors (Lipinski definition) is 1. The number of benzene rings is 1. The Kier molecular flexibility index (Phi) is 4.88. The van der Waals surface area contributed by atoms with E-state index in [0.29, 0.717) is 24.7 Å². The summed E-state index contributed by atoms with van der Waals surface area (Å²) in [6.45, 7) is 4.84. The third-order valence-corrected chi connectivity index (χ3v) is 4.17. The van der Waals surface area contributed by atoms with Crippen LogP contribution in [0, 0.1) is 13.8 Å². The minimum Gasteiger partial charge on any atom is -0.486 e. The first-order chi connectivity index (χ1) is 13.6. The van der Waals surface area contributed by atoms with E-state index in [1.54, 1.807) is 10.9 Å². The molecule has 9 heteroatoms. The summed E-state index contributed by atoms with van der Waals surface area (Å²) >= 11 is 0. The van der Waals surface area contributed by atoms with Gasteiger partial charge in [0.15, 0.2) is 23.3 Å². The highest BCUT2D eigenvalue weighted by molar-refractivity contribution is 5.91. The second kappa shape index (κ2) is 7.63. The van der Waals surface area contributed by atoms with E-state index < -0.39 is 0 Å². The molecule has 144 valence electrons. The predicted octanol–water partition coefficient (Wildman–Crippen LogP) is 1.45. The van der Waals surface area contributed by atoms with Crippen molar-refractivity contribution < 1.29 is 14.3 Å². The first-order valence-electron chi connectivity index (χ1n) is 8.95. The van der Waals surface area contributed by atoms with Crippen LogP contribution in [0.3, 0.4) is 0 Å². The number of fused-ring (bicyclic) bond motifs is 1. The van der Waals surface area contributed by atoms with Crippen LogP contribution < -0.4 is 14.8 Å². The number of ether oxygens (including phenoxy) is 2. The summed E-state index contributed by atoms with van der Waals surface area (Å²) in [5, 5.41) is 10.7. The quantitative estimate of drug-likeness (QED) is 0.714. The molecule has 1 unspecified atom stereocenters. The minimum absolute atomic E-state index is 0.212. The molecule has 0 spiro atoms. The van der Waals surface area contributed by atoms with Crippen molar-refractivity contribution in [1.29, 1.82) is 0 Å². The number of aromatic nitrogens is 5. The number of hydrogen-bond acceptors (Lipinski definition) is 7. The highest BCUT2D eigenvalue weighted by Gasteiger charge is 2.22. The largest absolute Gasteiger partial charge is 0.486 e. The zero-order valence-corrected chi connectivity index (χ0v) is 15.6. The van der Waals surface area contributed by atoms with Gasteiger partial charge in [-0.15, -0.1) is 5.10 Å². The van der Waals surface area contributed by atoms with Crippen LogP contribution in [-0.4, -0.2) is 43.6 Å². The first-order valence-corrected chi connectivity index (χ1v) is 8.95. The Hall–Kier alpha value is -3.49. The second-order valence-electron chi connectivity index (χ2n) is 6.57. The van der Waals surface area contributed by atoms with E-state index in [0.717, 1.165) is 17.1 Å². The van der Waals surface area contributed by atoms with Gasteiger partial charge < -0.3 is 14.8 Å². The number of nitrogens with one attached hydrogen (secondary N) is 1. The molecule has 0 radical (unpaired) electrons. The lowest BCUT2D eigenvalue weighted by Gasteiger charge is -2.26. The Morgan fingerprint density at radius 1 is 1.21 bits per heavy atom. The standard InChI is InChI=1S/C19H20N6O3/c1-12-7-13(2)22-18(21-12)8-20-19(26)15-10-25(24-23-15)9-14-11-27-16-5-3-4-6-17(16)28-14/h3-7,10,14H,8-9,11H2,1-2H3,(H,20,26). The van der Waals surface area contributed by atoms with Crippen molar-refractivity contribution in [3.05, 3.63) is 59.4 Å². The van der Waals surface area contributed by atoms with Crippen molar-refractivity contribution in [2.24, 2.45) is 0 Å². The molecule has 0 aliphatic carbocycles. The lowest BCUT2D eigenvalue weighted by Crippen LogP contribution is -2.33. The van der Waals surface area contributed by atoms with Gasteiger partial charge in [0, 0.05) is 11.4 Å². The molecule has 4 rings (SSSR count). The van der Waals surface area contributed by atoms with Gasteiger partial charge in [0.25, 0.3) is 5.91 Å². The molecule has 0 fully saturated rings. The summed E-state index contributed by atoms with van der Waals surface area (Å²) in [6.07, 6.45) is 1.37. The third-order valence-electron chi connectivity index (χ3n) is 4.17. The van der Waals surface area contributed by atoms with Gasteiger partial charge in [-0.3, -0.25) is 4.79 Å². The minimum atomic E-state index is -0.333. The summed E-state index contributed by atoms with van der Waals surface area (Å²) in [6, 6.07) is 9.39. The maximum Gasteiger partial charge on any atom is 0.273 e. The first kappa shape index (κ1) is 17.9. The smallest absolute Gasteiger partial charge is 0.273 e. The highest BCUT2D eigenvalue weighted by Crippen LogP contribution is 2.31. The number of rotatable bonds is 5. The SMILES string of the molecule is Cc1cc(C)nc(CNC(=O)c2cn(CC3COc4ccccc4O3)nn2)n1. The van der Waals surface area contributed by atoms with Crippen LogP contribution >= 0.6 is 0 Å². The monoisotopic (exact) mass is 380 g/mol. The van der Waals surface area contributed by atoms with Crippen molar-refractivity contribution in [3.63, 3.8) is 0 Å². The van der Waals surface area contributed by atoms with E-state index in [2.05, 4.69) is 25.6 Å². The molecule has 1 N–H and O–H groups in total. The van der Waals surface area contributed by atoms with E-state index in [1.807, 2.05) is 44.2 Å². The predicted molar refractivity (Wildman–Crippen MR) is 99.1 cm³/mol. The van der Waals surface area contributed by atoms with Crippen LogP contribution in [-0.2, 0) is 13.1 Å². The van der Waals surface area contributed by atoms with Gasteiger partial charge in [-0.05, 0) is 32.0 Å². The van der Waals surface area contributed by atoms with E-state index in [9.17, 15) is 4.79 Å². The summed E-state index contributed by atoms with van der Waals surface area (Å²) in [4.78, 5) is 20.9. The fourth-order valence-electron chi connectivity index (χ4n) is 2.98. The van der Waals surface area contributed by atoms with Gasteiger partial charge in [-0.1, -0.05) is 17.3 Å². The molecule has 1 atom stereocenters. The molecule has 1 aliphatic rings. The summed E-state index contributed by atoms with van der Waals surface area (Å²) in [5.41, 5.74) is 1.94. The zero-order chi connectivity index (χ0) is 19.5. The Morgan fingerprint density at radius 3 is 2.75 bits per heavy atom. The Labute approximate surface area is 161 Å². The molecule has 1 aliphatic heterocycles. The maximum atomic E-state index is 12.3. The van der Waals surface area contributed by atoms with E-state index in [4.69, 9.17) is 9.47 Å². The summed E-state index contributed by atoms with van der Waals surface area (Å²) in [7, 11) is 0. The highest BCUT2D eigenvalue weighted by atomic mass is 16.6. The molecular formula is C19H20N6O3. The molecule has 1 aromatic carbocycles. The fourth-order valence-corrected chi connectivity index (χ4v) is 2.98. The van der Waals surface area contributed by atoms with Crippen molar-refractivity contribution in [1.82, 2.24) is 30.3 Å².